The van der Waals surface area contributed by atoms with E-state index in [2.05, 4.69) is 5.32 Å². The van der Waals surface area contributed by atoms with Crippen molar-refractivity contribution in [1.29, 1.82) is 0 Å². The fraction of sp³-hybridized carbons (Fsp3) is 0.800. The predicted octanol–water partition coefficient (Wildman–Crippen LogP) is 1.46. The number of nitrogens with one attached hydrogen (secondary N) is 2. The minimum absolute atomic E-state index is 0.0929. The van der Waals surface area contributed by atoms with Crippen LogP contribution in [-0.2, 0) is 18.8 Å². The fourth-order valence-electron chi connectivity index (χ4n) is 1.35. The zero-order valence-corrected chi connectivity index (χ0v) is 16.9. The van der Waals surface area contributed by atoms with Crippen LogP contribution < -0.4 is 16.6 Å². The summed E-state index contributed by atoms with van der Waals surface area (Å²) in [4.78, 5) is 35.5. The quantitative estimate of drug-likeness (QED) is 0.217. The maximum Gasteiger partial charge on any atom is 0.408 e. The van der Waals surface area contributed by atoms with Gasteiger partial charge >= 0.3 is 12.0 Å². The number of nitrogens with two attached hydrogens (primary N) is 1. The van der Waals surface area contributed by atoms with Gasteiger partial charge in [-0.3, -0.25) is 15.0 Å². The van der Waals surface area contributed by atoms with Gasteiger partial charge in [-0.15, -0.1) is 0 Å². The Labute approximate surface area is 144 Å². The highest BCUT2D eigenvalue weighted by Gasteiger charge is 2.39. The van der Waals surface area contributed by atoms with Gasteiger partial charge in [0.05, 0.1) is 6.61 Å². The average Bonchev–Trinajstić information content (AvgIpc) is 2.38. The van der Waals surface area contributed by atoms with Crippen molar-refractivity contribution in [1.82, 2.24) is 10.7 Å². The van der Waals surface area contributed by atoms with E-state index < -0.39 is 37.7 Å². The standard InChI is InChI=1S/C15H31N3O5Si/c1-14(2,3)17-13(21)23-10(11(19)12(20)18-16)9-22-24(7,8)15(4,5)6/h10H,9,16H2,1-8H3,(H,17,21)(H,18,20)/t10-/m1/s1. The molecule has 0 aliphatic heterocycles. The molecular weight excluding hydrogens is 330 g/mol. The summed E-state index contributed by atoms with van der Waals surface area (Å²) in [6.07, 6.45) is -2.16. The number of ether oxygens (including phenoxy) is 1. The number of amides is 2. The van der Waals surface area contributed by atoms with Crippen molar-refractivity contribution in [2.24, 2.45) is 5.84 Å². The molecule has 0 radical (unpaired) electrons. The van der Waals surface area contributed by atoms with E-state index in [0.29, 0.717) is 0 Å². The predicted molar refractivity (Wildman–Crippen MR) is 93.6 cm³/mol. The second-order valence-electron chi connectivity index (χ2n) is 8.18. The van der Waals surface area contributed by atoms with Gasteiger partial charge in [0.2, 0.25) is 0 Å². The molecule has 0 heterocycles. The molecule has 0 aliphatic carbocycles. The highest BCUT2D eigenvalue weighted by molar-refractivity contribution is 6.74. The minimum atomic E-state index is -2.18. The summed E-state index contributed by atoms with van der Waals surface area (Å²) in [7, 11) is -2.18. The van der Waals surface area contributed by atoms with Gasteiger partial charge in [-0.05, 0) is 38.9 Å². The zero-order valence-electron chi connectivity index (χ0n) is 15.9. The van der Waals surface area contributed by atoms with E-state index in [0.717, 1.165) is 0 Å². The van der Waals surface area contributed by atoms with E-state index in [1.54, 1.807) is 26.2 Å². The van der Waals surface area contributed by atoms with Crippen LogP contribution in [0.1, 0.15) is 41.5 Å². The van der Waals surface area contributed by atoms with Gasteiger partial charge in [-0.25, -0.2) is 10.6 Å². The number of carbonyl (C=O) groups is 3. The van der Waals surface area contributed by atoms with E-state index in [-0.39, 0.29) is 11.6 Å². The number of hydrogen-bond donors (Lipinski definition) is 3. The lowest BCUT2D eigenvalue weighted by atomic mass is 10.1. The van der Waals surface area contributed by atoms with Gasteiger partial charge in [0.1, 0.15) is 0 Å². The molecule has 0 saturated heterocycles. The molecule has 24 heavy (non-hydrogen) atoms. The minimum Gasteiger partial charge on any atom is -0.435 e. The maximum atomic E-state index is 12.1. The summed E-state index contributed by atoms with van der Waals surface area (Å²) >= 11 is 0. The Morgan fingerprint density at radius 1 is 1.08 bits per heavy atom. The van der Waals surface area contributed by atoms with E-state index in [9.17, 15) is 14.4 Å². The van der Waals surface area contributed by atoms with Gasteiger partial charge in [-0.2, -0.15) is 0 Å². The van der Waals surface area contributed by atoms with Crippen LogP contribution in [0.15, 0.2) is 0 Å². The lowest BCUT2D eigenvalue weighted by Crippen LogP contribution is -2.50. The monoisotopic (exact) mass is 361 g/mol. The smallest absolute Gasteiger partial charge is 0.408 e. The zero-order chi connectivity index (χ0) is 19.3. The first-order valence-corrected chi connectivity index (χ1v) is 10.7. The Morgan fingerprint density at radius 2 is 1.58 bits per heavy atom. The van der Waals surface area contributed by atoms with E-state index in [1.807, 2.05) is 33.9 Å². The summed E-state index contributed by atoms with van der Waals surface area (Å²) in [6, 6.07) is 0. The van der Waals surface area contributed by atoms with Crippen LogP contribution in [0.2, 0.25) is 18.1 Å². The van der Waals surface area contributed by atoms with Crippen molar-refractivity contribution in [3.8, 4) is 0 Å². The first-order valence-electron chi connectivity index (χ1n) is 7.78. The lowest BCUT2D eigenvalue weighted by molar-refractivity contribution is -0.144. The highest BCUT2D eigenvalue weighted by atomic mass is 28.4. The Bertz CT molecular complexity index is 480. The largest absolute Gasteiger partial charge is 0.435 e. The van der Waals surface area contributed by atoms with Crippen LogP contribution >= 0.6 is 0 Å². The van der Waals surface area contributed by atoms with Crippen LogP contribution in [-0.4, -0.2) is 44.4 Å². The molecule has 0 unspecified atom stereocenters. The van der Waals surface area contributed by atoms with Gasteiger partial charge < -0.3 is 14.5 Å². The third-order valence-corrected chi connectivity index (χ3v) is 8.28. The molecule has 9 heteroatoms. The number of alkyl carbamates (subject to hydrolysis) is 1. The maximum absolute atomic E-state index is 12.1. The SMILES string of the molecule is CC(C)(C)NC(=O)O[C@H](CO[Si](C)(C)C(C)(C)C)C(=O)C(=O)NN. The van der Waals surface area contributed by atoms with Gasteiger partial charge in [0.15, 0.2) is 14.4 Å². The molecule has 0 bridgehead atoms. The molecule has 0 aliphatic rings. The molecule has 140 valence electrons. The van der Waals surface area contributed by atoms with Crippen molar-refractivity contribution in [2.45, 2.75) is 71.3 Å². The topological polar surface area (TPSA) is 120 Å². The van der Waals surface area contributed by atoms with Crippen molar-refractivity contribution < 1.29 is 23.5 Å². The molecule has 2 amide bonds. The summed E-state index contributed by atoms with van der Waals surface area (Å²) < 4.78 is 11.0. The van der Waals surface area contributed by atoms with Gasteiger partial charge in [-0.1, -0.05) is 20.8 Å². The molecular formula is C15H31N3O5Si. The number of hydrogen-bond acceptors (Lipinski definition) is 6. The van der Waals surface area contributed by atoms with Crippen molar-refractivity contribution in [3.05, 3.63) is 0 Å². The summed E-state index contributed by atoms with van der Waals surface area (Å²) in [5, 5.41) is 2.48. The molecule has 0 aromatic carbocycles. The molecule has 0 aromatic rings. The first kappa shape index (κ1) is 22.5. The number of ketones is 1. The van der Waals surface area contributed by atoms with Crippen LogP contribution in [0.4, 0.5) is 4.79 Å². The summed E-state index contributed by atoms with van der Waals surface area (Å²) in [5.74, 6) is 2.99. The van der Waals surface area contributed by atoms with Crippen molar-refractivity contribution in [2.75, 3.05) is 6.61 Å². The number of hydrazine groups is 1. The Kier molecular flexibility index (Phi) is 7.59. The number of Topliss-reactive ketones (excluding diaryl/α,β-unsaturated/α-hetero) is 1. The summed E-state index contributed by atoms with van der Waals surface area (Å²) in [5.41, 5.74) is 1.21. The third-order valence-electron chi connectivity index (χ3n) is 3.78. The highest BCUT2D eigenvalue weighted by Crippen LogP contribution is 2.36. The molecule has 4 N–H and O–H groups in total. The Morgan fingerprint density at radius 3 is 1.96 bits per heavy atom. The molecule has 0 rings (SSSR count). The molecule has 1 atom stereocenters. The van der Waals surface area contributed by atoms with Gasteiger partial charge in [0, 0.05) is 5.54 Å². The van der Waals surface area contributed by atoms with Crippen LogP contribution in [0.3, 0.4) is 0 Å². The Hall–Kier alpha value is -1.45. The van der Waals surface area contributed by atoms with E-state index in [1.165, 1.54) is 0 Å². The Balaban J connectivity index is 5.12. The van der Waals surface area contributed by atoms with E-state index in [4.69, 9.17) is 15.0 Å². The van der Waals surface area contributed by atoms with Crippen molar-refractivity contribution in [3.63, 3.8) is 0 Å². The molecule has 0 spiro atoms. The van der Waals surface area contributed by atoms with Gasteiger partial charge in [0.25, 0.3) is 5.78 Å². The fourth-order valence-corrected chi connectivity index (χ4v) is 2.35. The third kappa shape index (κ3) is 7.41. The first-order chi connectivity index (χ1) is 10.6. The number of carbonyl (C=O) groups excluding carboxylic acids is 3. The molecule has 0 fully saturated rings. The van der Waals surface area contributed by atoms with Crippen molar-refractivity contribution >= 4 is 26.1 Å². The second-order valence-corrected chi connectivity index (χ2v) is 13.0. The number of rotatable bonds is 6. The van der Waals surface area contributed by atoms with E-state index >= 15 is 0 Å². The molecule has 0 aromatic heterocycles. The average molecular weight is 362 g/mol. The lowest BCUT2D eigenvalue weighted by Gasteiger charge is -2.37. The summed E-state index contributed by atoms with van der Waals surface area (Å²) in [6.45, 7) is 15.2. The normalized spacial score (nSPS) is 13.9. The molecule has 8 nitrogen and oxygen atoms in total. The second kappa shape index (κ2) is 8.08. The van der Waals surface area contributed by atoms with Crippen LogP contribution in [0, 0.1) is 0 Å². The van der Waals surface area contributed by atoms with Crippen LogP contribution in [0.25, 0.3) is 0 Å². The molecule has 0 saturated carbocycles. The van der Waals surface area contributed by atoms with Crippen LogP contribution in [0.5, 0.6) is 0 Å².